The van der Waals surface area contributed by atoms with Crippen LogP contribution in [-0.2, 0) is 13.0 Å². The predicted molar refractivity (Wildman–Crippen MR) is 115 cm³/mol. The van der Waals surface area contributed by atoms with Gasteiger partial charge in [0.2, 0.25) is 0 Å². The molecule has 2 aromatic heterocycles. The first-order valence-corrected chi connectivity index (χ1v) is 10.1. The Labute approximate surface area is 168 Å². The number of pyridine rings is 1. The summed E-state index contributed by atoms with van der Waals surface area (Å²) in [5.74, 6) is -0.356. The highest BCUT2D eigenvalue weighted by Crippen LogP contribution is 2.15. The molecule has 152 valence electrons. The zero-order valence-corrected chi connectivity index (χ0v) is 16.8. The van der Waals surface area contributed by atoms with Crippen LogP contribution in [0.15, 0.2) is 46.1 Å². The number of amides is 1. The van der Waals surface area contributed by atoms with Crippen molar-refractivity contribution in [3.63, 3.8) is 0 Å². The minimum atomic E-state index is -0.545. The van der Waals surface area contributed by atoms with Crippen LogP contribution in [0.3, 0.4) is 0 Å². The van der Waals surface area contributed by atoms with Gasteiger partial charge in [0.25, 0.3) is 11.5 Å². The Hall–Kier alpha value is -3.22. The number of fused-ring (bicyclic) bond motifs is 1. The number of nitrogens with zero attached hydrogens (tertiary/aromatic N) is 2. The number of anilines is 1. The Kier molecular flexibility index (Phi) is 6.59. The second-order valence-corrected chi connectivity index (χ2v) is 7.11. The van der Waals surface area contributed by atoms with Gasteiger partial charge in [0.05, 0.1) is 10.9 Å². The van der Waals surface area contributed by atoms with E-state index in [0.29, 0.717) is 12.2 Å². The van der Waals surface area contributed by atoms with Gasteiger partial charge in [-0.2, -0.15) is 0 Å². The van der Waals surface area contributed by atoms with Crippen molar-refractivity contribution in [1.82, 2.24) is 14.5 Å². The normalized spacial score (nSPS) is 11.0. The molecule has 2 N–H and O–H groups in total. The van der Waals surface area contributed by atoms with Crippen LogP contribution in [0.2, 0.25) is 0 Å². The van der Waals surface area contributed by atoms with Gasteiger partial charge in [-0.25, -0.2) is 9.78 Å². The fourth-order valence-electron chi connectivity index (χ4n) is 3.26. The molecule has 7 heteroatoms. The first kappa shape index (κ1) is 20.5. The minimum Gasteiger partial charge on any atom is -0.322 e. The maximum Gasteiger partial charge on any atom is 0.329 e. The van der Waals surface area contributed by atoms with Crippen molar-refractivity contribution in [3.05, 3.63) is 68.5 Å². The summed E-state index contributed by atoms with van der Waals surface area (Å²) in [6.07, 6.45) is 6.69. The van der Waals surface area contributed by atoms with Gasteiger partial charge in [-0.05, 0) is 43.0 Å². The first-order chi connectivity index (χ1) is 14.0. The number of hydrogen-bond acceptors (Lipinski definition) is 4. The molecule has 0 fully saturated rings. The van der Waals surface area contributed by atoms with Gasteiger partial charge < -0.3 is 5.32 Å². The zero-order valence-electron chi connectivity index (χ0n) is 16.8. The second kappa shape index (κ2) is 9.32. The molecule has 0 saturated heterocycles. The van der Waals surface area contributed by atoms with Crippen molar-refractivity contribution < 1.29 is 4.79 Å². The summed E-state index contributed by atoms with van der Waals surface area (Å²) in [7, 11) is 0. The monoisotopic (exact) mass is 394 g/mol. The molecule has 0 radical (unpaired) electrons. The molecule has 0 unspecified atom stereocenters. The number of hydrogen-bond donors (Lipinski definition) is 2. The fraction of sp³-hybridized carbons (Fsp3) is 0.364. The van der Waals surface area contributed by atoms with E-state index in [-0.39, 0.29) is 22.5 Å². The molecule has 3 aromatic rings. The van der Waals surface area contributed by atoms with Crippen molar-refractivity contribution in [3.8, 4) is 0 Å². The Morgan fingerprint density at radius 2 is 1.86 bits per heavy atom. The second-order valence-electron chi connectivity index (χ2n) is 7.11. The van der Waals surface area contributed by atoms with E-state index < -0.39 is 11.2 Å². The third-order valence-corrected chi connectivity index (χ3v) is 4.82. The Bertz CT molecular complexity index is 1110. The Morgan fingerprint density at radius 1 is 1.10 bits per heavy atom. The predicted octanol–water partition coefficient (Wildman–Crippen LogP) is 3.48. The number of H-pyrrole nitrogens is 1. The van der Waals surface area contributed by atoms with Crippen molar-refractivity contribution in [2.45, 2.75) is 52.5 Å². The number of carbonyl (C=O) groups excluding carboxylic acids is 1. The molecular weight excluding hydrogens is 368 g/mol. The minimum absolute atomic E-state index is 0.219. The average molecular weight is 394 g/mol. The summed E-state index contributed by atoms with van der Waals surface area (Å²) in [5, 5.41) is 3.05. The van der Waals surface area contributed by atoms with Crippen molar-refractivity contribution >= 4 is 22.6 Å². The maximum atomic E-state index is 12.6. The molecule has 0 bridgehead atoms. The fourth-order valence-corrected chi connectivity index (χ4v) is 3.26. The van der Waals surface area contributed by atoms with Crippen LogP contribution in [0.5, 0.6) is 0 Å². The highest BCUT2D eigenvalue weighted by atomic mass is 16.2. The number of benzene rings is 1. The van der Waals surface area contributed by atoms with Crippen LogP contribution in [0.1, 0.15) is 55.5 Å². The maximum absolute atomic E-state index is 12.6. The van der Waals surface area contributed by atoms with Crippen LogP contribution in [0.4, 0.5) is 5.69 Å². The lowest BCUT2D eigenvalue weighted by atomic mass is 10.1. The molecule has 0 aliphatic rings. The standard InChI is InChI=1S/C22H26N4O3/c1-3-5-6-7-15-8-10-17(11-9-15)24-20(27)16-13-18-19(23-14-16)26(12-4-2)22(29)25-21(18)28/h8-11,13-14H,3-7,12H2,1-2H3,(H,24,27)(H,25,28,29). The van der Waals surface area contributed by atoms with E-state index in [1.165, 1.54) is 35.2 Å². The molecule has 3 rings (SSSR count). The number of carbonyl (C=O) groups is 1. The number of aryl methyl sites for hydroxylation is 2. The largest absolute Gasteiger partial charge is 0.329 e. The van der Waals surface area contributed by atoms with Crippen LogP contribution in [0.25, 0.3) is 11.0 Å². The summed E-state index contributed by atoms with van der Waals surface area (Å²) in [6.45, 7) is 4.55. The van der Waals surface area contributed by atoms with Crippen LogP contribution in [0, 0.1) is 0 Å². The lowest BCUT2D eigenvalue weighted by molar-refractivity contribution is 0.102. The molecular formula is C22H26N4O3. The van der Waals surface area contributed by atoms with Crippen LogP contribution in [-0.4, -0.2) is 20.4 Å². The van der Waals surface area contributed by atoms with Gasteiger partial charge in [-0.3, -0.25) is 19.1 Å². The van der Waals surface area contributed by atoms with Gasteiger partial charge in [-0.15, -0.1) is 0 Å². The average Bonchev–Trinajstić information content (AvgIpc) is 2.72. The quantitative estimate of drug-likeness (QED) is 0.572. The smallest absolute Gasteiger partial charge is 0.322 e. The van der Waals surface area contributed by atoms with Crippen molar-refractivity contribution in [2.75, 3.05) is 5.32 Å². The molecule has 2 heterocycles. The van der Waals surface area contributed by atoms with E-state index in [1.807, 2.05) is 31.2 Å². The molecule has 1 aromatic carbocycles. The van der Waals surface area contributed by atoms with E-state index in [4.69, 9.17) is 0 Å². The zero-order chi connectivity index (χ0) is 20.8. The highest BCUT2D eigenvalue weighted by Gasteiger charge is 2.13. The van der Waals surface area contributed by atoms with Gasteiger partial charge in [-0.1, -0.05) is 38.8 Å². The lowest BCUT2D eigenvalue weighted by Gasteiger charge is -2.09. The van der Waals surface area contributed by atoms with Gasteiger partial charge in [0.15, 0.2) is 0 Å². The molecule has 7 nitrogen and oxygen atoms in total. The molecule has 0 spiro atoms. The topological polar surface area (TPSA) is 96.8 Å². The van der Waals surface area contributed by atoms with Crippen LogP contribution < -0.4 is 16.6 Å². The van der Waals surface area contributed by atoms with E-state index >= 15 is 0 Å². The number of nitrogens with one attached hydrogen (secondary N) is 2. The number of unbranched alkanes of at least 4 members (excludes halogenated alkanes) is 2. The summed E-state index contributed by atoms with van der Waals surface area (Å²) >= 11 is 0. The molecule has 0 aliphatic carbocycles. The summed E-state index contributed by atoms with van der Waals surface area (Å²) < 4.78 is 1.41. The van der Waals surface area contributed by atoms with Crippen LogP contribution >= 0.6 is 0 Å². The molecule has 1 amide bonds. The third-order valence-electron chi connectivity index (χ3n) is 4.82. The number of aromatic amines is 1. The number of rotatable bonds is 8. The summed E-state index contributed by atoms with van der Waals surface area (Å²) in [6, 6.07) is 9.25. The van der Waals surface area contributed by atoms with E-state index in [2.05, 4.69) is 22.2 Å². The van der Waals surface area contributed by atoms with E-state index in [9.17, 15) is 14.4 Å². The van der Waals surface area contributed by atoms with Gasteiger partial charge >= 0.3 is 5.69 Å². The van der Waals surface area contributed by atoms with Gasteiger partial charge in [0, 0.05) is 18.4 Å². The number of aromatic nitrogens is 3. The third kappa shape index (κ3) is 4.80. The first-order valence-electron chi connectivity index (χ1n) is 10.1. The lowest BCUT2D eigenvalue weighted by Crippen LogP contribution is -2.31. The van der Waals surface area contributed by atoms with Crippen molar-refractivity contribution in [2.24, 2.45) is 0 Å². The molecule has 0 saturated carbocycles. The Morgan fingerprint density at radius 3 is 2.55 bits per heavy atom. The summed E-state index contributed by atoms with van der Waals surface area (Å²) in [4.78, 5) is 43.3. The van der Waals surface area contributed by atoms with Gasteiger partial charge in [0.1, 0.15) is 5.65 Å². The Balaban J connectivity index is 1.81. The summed E-state index contributed by atoms with van der Waals surface area (Å²) in [5.41, 5.74) is 1.43. The van der Waals surface area contributed by atoms with E-state index in [1.54, 1.807) is 0 Å². The molecule has 29 heavy (non-hydrogen) atoms. The van der Waals surface area contributed by atoms with Crippen molar-refractivity contribution in [1.29, 1.82) is 0 Å². The molecule has 0 aliphatic heterocycles. The highest BCUT2D eigenvalue weighted by molar-refractivity contribution is 6.05. The SMILES string of the molecule is CCCCCc1ccc(NC(=O)c2cnc3c(c2)c(=O)[nH]c(=O)n3CCC)cc1. The van der Waals surface area contributed by atoms with E-state index in [0.717, 1.165) is 19.3 Å². The molecule has 0 atom stereocenters.